The summed E-state index contributed by atoms with van der Waals surface area (Å²) in [6, 6.07) is 5.51. The molecule has 0 bridgehead atoms. The number of carbonyl (C=O) groups excluding carboxylic acids is 1. The van der Waals surface area contributed by atoms with Crippen LogP contribution in [0.25, 0.3) is 0 Å². The van der Waals surface area contributed by atoms with Crippen LogP contribution in [-0.2, 0) is 20.9 Å². The number of amides is 1. The van der Waals surface area contributed by atoms with Gasteiger partial charge < -0.3 is 20.1 Å². The number of hydrogen-bond acceptors (Lipinski definition) is 4. The fourth-order valence-electron chi connectivity index (χ4n) is 3.33. The third-order valence-electron chi connectivity index (χ3n) is 5.01. The van der Waals surface area contributed by atoms with Crippen LogP contribution in [0.1, 0.15) is 31.2 Å². The number of halogens is 3. The fourth-order valence-corrected chi connectivity index (χ4v) is 3.65. The number of nitrogens with two attached hydrogens (primary N) is 1. The molecule has 26 heavy (non-hydrogen) atoms. The van der Waals surface area contributed by atoms with Crippen molar-refractivity contribution in [2.45, 2.75) is 43.9 Å². The lowest BCUT2D eigenvalue weighted by Crippen LogP contribution is -2.59. The highest BCUT2D eigenvalue weighted by Crippen LogP contribution is 2.25. The molecule has 2 aliphatic rings. The monoisotopic (exact) mass is 422 g/mol. The van der Waals surface area contributed by atoms with Gasteiger partial charge in [-0.05, 0) is 43.4 Å². The summed E-state index contributed by atoms with van der Waals surface area (Å²) in [7, 11) is 0. The summed E-state index contributed by atoms with van der Waals surface area (Å²) in [4.78, 5) is 14.6. The highest BCUT2D eigenvalue weighted by atomic mass is 35.5. The first-order valence-corrected chi connectivity index (χ1v) is 9.45. The Morgan fingerprint density at radius 2 is 1.88 bits per heavy atom. The van der Waals surface area contributed by atoms with Gasteiger partial charge in [-0.1, -0.05) is 29.3 Å². The minimum absolute atomic E-state index is 0. The minimum Gasteiger partial charge on any atom is -0.381 e. The Bertz CT molecular complexity index is 616. The summed E-state index contributed by atoms with van der Waals surface area (Å²) in [6.07, 6.45) is 2.97. The zero-order valence-electron chi connectivity index (χ0n) is 14.6. The van der Waals surface area contributed by atoms with Gasteiger partial charge in [-0.3, -0.25) is 4.79 Å². The van der Waals surface area contributed by atoms with E-state index in [-0.39, 0.29) is 24.4 Å². The molecular weight excluding hydrogens is 399 g/mol. The van der Waals surface area contributed by atoms with Crippen LogP contribution in [0.5, 0.6) is 0 Å². The van der Waals surface area contributed by atoms with Crippen molar-refractivity contribution in [3.63, 3.8) is 0 Å². The van der Waals surface area contributed by atoms with E-state index in [2.05, 4.69) is 0 Å². The Kier molecular flexibility index (Phi) is 8.01. The van der Waals surface area contributed by atoms with E-state index in [0.717, 1.165) is 18.4 Å². The molecule has 2 fully saturated rings. The van der Waals surface area contributed by atoms with Gasteiger partial charge in [-0.15, -0.1) is 12.4 Å². The number of benzene rings is 1. The average molecular weight is 424 g/mol. The zero-order valence-corrected chi connectivity index (χ0v) is 16.9. The van der Waals surface area contributed by atoms with Crippen LogP contribution >= 0.6 is 35.6 Å². The van der Waals surface area contributed by atoms with Crippen LogP contribution in [-0.4, -0.2) is 48.8 Å². The summed E-state index contributed by atoms with van der Waals surface area (Å²) >= 11 is 11.9. The number of likely N-dealkylation sites (tertiary alicyclic amines) is 1. The Balaban J connectivity index is 0.00000243. The van der Waals surface area contributed by atoms with Gasteiger partial charge in [0, 0.05) is 26.3 Å². The summed E-state index contributed by atoms with van der Waals surface area (Å²) in [6.45, 7) is 2.99. The van der Waals surface area contributed by atoms with Crippen molar-refractivity contribution in [2.24, 2.45) is 5.73 Å². The molecule has 8 heteroatoms. The standard InChI is InChI=1S/C18H24Cl2N2O3.ClH/c19-15-2-1-13(11-16(15)20)12-25-14-3-7-22(8-4-14)17(23)18(21)5-9-24-10-6-18;/h1-2,11,14H,3-10,12,21H2;1H. The number of rotatable bonds is 4. The maximum absolute atomic E-state index is 12.7. The molecule has 0 atom stereocenters. The van der Waals surface area contributed by atoms with Crippen LogP contribution in [0, 0.1) is 0 Å². The molecule has 0 unspecified atom stereocenters. The van der Waals surface area contributed by atoms with Crippen LogP contribution in [0.2, 0.25) is 10.0 Å². The van der Waals surface area contributed by atoms with Crippen LogP contribution < -0.4 is 5.73 Å². The molecule has 146 valence electrons. The maximum atomic E-state index is 12.7. The first-order chi connectivity index (χ1) is 12.0. The van der Waals surface area contributed by atoms with E-state index >= 15 is 0 Å². The molecule has 1 aromatic rings. The average Bonchev–Trinajstić information content (AvgIpc) is 2.63. The number of piperidine rings is 1. The molecule has 1 aromatic carbocycles. The van der Waals surface area contributed by atoms with E-state index in [1.54, 1.807) is 6.07 Å². The zero-order chi connectivity index (χ0) is 17.9. The third-order valence-corrected chi connectivity index (χ3v) is 5.75. The molecule has 2 saturated heterocycles. The number of hydrogen-bond donors (Lipinski definition) is 1. The second kappa shape index (κ2) is 9.58. The van der Waals surface area contributed by atoms with E-state index in [1.165, 1.54) is 0 Å². The highest BCUT2D eigenvalue weighted by Gasteiger charge is 2.39. The van der Waals surface area contributed by atoms with E-state index < -0.39 is 5.54 Å². The van der Waals surface area contributed by atoms with Crippen molar-refractivity contribution in [3.05, 3.63) is 33.8 Å². The van der Waals surface area contributed by atoms with Gasteiger partial charge in [0.1, 0.15) is 0 Å². The highest BCUT2D eigenvalue weighted by molar-refractivity contribution is 6.42. The van der Waals surface area contributed by atoms with Gasteiger partial charge in [-0.2, -0.15) is 0 Å². The third kappa shape index (κ3) is 5.24. The Hall–Kier alpha value is -0.560. The van der Waals surface area contributed by atoms with Gasteiger partial charge in [0.05, 0.1) is 28.3 Å². The first-order valence-electron chi connectivity index (χ1n) is 8.69. The van der Waals surface area contributed by atoms with Gasteiger partial charge in [0.25, 0.3) is 0 Å². The molecule has 1 amide bonds. The smallest absolute Gasteiger partial charge is 0.242 e. The molecule has 0 radical (unpaired) electrons. The number of carbonyl (C=O) groups is 1. The predicted molar refractivity (Wildman–Crippen MR) is 105 cm³/mol. The lowest BCUT2D eigenvalue weighted by molar-refractivity contribution is -0.143. The van der Waals surface area contributed by atoms with Crippen LogP contribution in [0.15, 0.2) is 18.2 Å². The molecule has 0 spiro atoms. The van der Waals surface area contributed by atoms with Crippen LogP contribution in [0.4, 0.5) is 0 Å². The van der Waals surface area contributed by atoms with Crippen molar-refractivity contribution in [1.29, 1.82) is 0 Å². The van der Waals surface area contributed by atoms with Crippen molar-refractivity contribution in [3.8, 4) is 0 Å². The Labute approximate surface area is 170 Å². The van der Waals surface area contributed by atoms with Crippen molar-refractivity contribution in [2.75, 3.05) is 26.3 Å². The molecule has 0 aromatic heterocycles. The SMILES string of the molecule is Cl.NC1(C(=O)N2CCC(OCc3ccc(Cl)c(Cl)c3)CC2)CCOCC1. The summed E-state index contributed by atoms with van der Waals surface area (Å²) < 4.78 is 11.3. The number of nitrogens with zero attached hydrogens (tertiary/aromatic N) is 1. The molecule has 5 nitrogen and oxygen atoms in total. The van der Waals surface area contributed by atoms with E-state index in [9.17, 15) is 4.79 Å². The topological polar surface area (TPSA) is 64.8 Å². The minimum atomic E-state index is -0.758. The molecule has 0 aliphatic carbocycles. The number of ether oxygens (including phenoxy) is 2. The molecule has 2 heterocycles. The van der Waals surface area contributed by atoms with E-state index in [1.807, 2.05) is 17.0 Å². The summed E-state index contributed by atoms with van der Waals surface area (Å²) in [5.41, 5.74) is 6.54. The summed E-state index contributed by atoms with van der Waals surface area (Å²) in [5.74, 6) is 0.0544. The fraction of sp³-hybridized carbons (Fsp3) is 0.611. The van der Waals surface area contributed by atoms with Gasteiger partial charge in [-0.25, -0.2) is 0 Å². The normalized spacial score (nSPS) is 20.5. The Morgan fingerprint density at radius 3 is 2.50 bits per heavy atom. The van der Waals surface area contributed by atoms with E-state index in [0.29, 0.717) is 55.8 Å². The van der Waals surface area contributed by atoms with Gasteiger partial charge in [0.15, 0.2) is 0 Å². The van der Waals surface area contributed by atoms with E-state index in [4.69, 9.17) is 38.4 Å². The summed E-state index contributed by atoms with van der Waals surface area (Å²) in [5, 5.41) is 1.08. The van der Waals surface area contributed by atoms with Gasteiger partial charge >= 0.3 is 0 Å². The molecule has 2 aliphatic heterocycles. The van der Waals surface area contributed by atoms with Crippen molar-refractivity contribution < 1.29 is 14.3 Å². The first kappa shape index (κ1) is 21.7. The van der Waals surface area contributed by atoms with Crippen molar-refractivity contribution in [1.82, 2.24) is 4.90 Å². The molecule has 3 rings (SSSR count). The quantitative estimate of drug-likeness (QED) is 0.806. The van der Waals surface area contributed by atoms with Crippen molar-refractivity contribution >= 4 is 41.5 Å². The lowest BCUT2D eigenvalue weighted by atomic mass is 9.89. The molecule has 2 N–H and O–H groups in total. The maximum Gasteiger partial charge on any atom is 0.242 e. The van der Waals surface area contributed by atoms with Gasteiger partial charge in [0.2, 0.25) is 5.91 Å². The molecule has 0 saturated carbocycles. The second-order valence-corrected chi connectivity index (χ2v) is 7.63. The Morgan fingerprint density at radius 1 is 1.23 bits per heavy atom. The molecular formula is C18H25Cl3N2O3. The largest absolute Gasteiger partial charge is 0.381 e. The lowest BCUT2D eigenvalue weighted by Gasteiger charge is -2.39. The second-order valence-electron chi connectivity index (χ2n) is 6.82. The van der Waals surface area contributed by atoms with Crippen LogP contribution in [0.3, 0.4) is 0 Å². The predicted octanol–water partition coefficient (Wildman–Crippen LogP) is 3.43.